The molecule has 2 rings (SSSR count). The van der Waals surface area contributed by atoms with Gasteiger partial charge < -0.3 is 5.32 Å². The topological polar surface area (TPSA) is 29.9 Å². The molecule has 2 aromatic rings. The highest BCUT2D eigenvalue weighted by molar-refractivity contribution is 5.47. The zero-order chi connectivity index (χ0) is 14.2. The van der Waals surface area contributed by atoms with Gasteiger partial charge in [-0.2, -0.15) is 5.10 Å². The van der Waals surface area contributed by atoms with Gasteiger partial charge in [0.05, 0.1) is 17.4 Å². The number of nitrogens with zero attached hydrogens (tertiary/aromatic N) is 2. The average Bonchev–Trinajstić information content (AvgIpc) is 2.65. The Morgan fingerprint density at radius 2 is 1.79 bits per heavy atom. The van der Waals surface area contributed by atoms with Crippen LogP contribution in [0.15, 0.2) is 18.3 Å². The van der Waals surface area contributed by atoms with Crippen molar-refractivity contribution in [3.05, 3.63) is 47.0 Å². The van der Waals surface area contributed by atoms with Crippen molar-refractivity contribution in [3.8, 4) is 0 Å². The van der Waals surface area contributed by atoms with Crippen molar-refractivity contribution in [2.24, 2.45) is 7.05 Å². The van der Waals surface area contributed by atoms with Gasteiger partial charge in [-0.25, -0.2) is 13.2 Å². The van der Waals surface area contributed by atoms with Gasteiger partial charge in [-0.3, -0.25) is 4.68 Å². The number of nitrogens with one attached hydrogen (secondary N) is 1. The largest absolute Gasteiger partial charge is 0.376 e. The molecule has 102 valence electrons. The van der Waals surface area contributed by atoms with E-state index in [2.05, 4.69) is 10.4 Å². The summed E-state index contributed by atoms with van der Waals surface area (Å²) in [5.74, 6) is -3.11. The maximum atomic E-state index is 13.5. The number of anilines is 1. The maximum Gasteiger partial charge on any atom is 0.161 e. The van der Waals surface area contributed by atoms with Gasteiger partial charge >= 0.3 is 0 Å². The van der Waals surface area contributed by atoms with E-state index >= 15 is 0 Å². The summed E-state index contributed by atoms with van der Waals surface area (Å²) in [7, 11) is 1.78. The van der Waals surface area contributed by atoms with E-state index in [1.807, 2.05) is 6.92 Å². The number of hydrogen-bond donors (Lipinski definition) is 1. The number of rotatable bonds is 3. The summed E-state index contributed by atoms with van der Waals surface area (Å²) < 4.78 is 41.1. The van der Waals surface area contributed by atoms with E-state index in [4.69, 9.17) is 0 Å². The molecular formula is C13H14F3N3. The third-order valence-corrected chi connectivity index (χ3v) is 2.90. The lowest BCUT2D eigenvalue weighted by Gasteiger charge is -2.15. The molecule has 3 nitrogen and oxygen atoms in total. The van der Waals surface area contributed by atoms with Gasteiger partial charge in [0.25, 0.3) is 0 Å². The molecule has 0 aliphatic rings. The van der Waals surface area contributed by atoms with Crippen molar-refractivity contribution in [2.45, 2.75) is 19.9 Å². The SMILES string of the molecule is Cc1nn(C)cc1C(C)Nc1cc(F)c(F)cc1F. The molecule has 1 aromatic carbocycles. The minimum Gasteiger partial charge on any atom is -0.376 e. The van der Waals surface area contributed by atoms with Crippen LogP contribution < -0.4 is 5.32 Å². The molecule has 0 aliphatic heterocycles. The number of aryl methyl sites for hydroxylation is 2. The number of halogens is 3. The van der Waals surface area contributed by atoms with Gasteiger partial charge in [0.2, 0.25) is 0 Å². The molecule has 0 aliphatic carbocycles. The summed E-state index contributed by atoms with van der Waals surface area (Å²) >= 11 is 0. The summed E-state index contributed by atoms with van der Waals surface area (Å²) in [5.41, 5.74) is 1.59. The van der Waals surface area contributed by atoms with Crippen LogP contribution in [0.4, 0.5) is 18.9 Å². The molecule has 0 radical (unpaired) electrons. The summed E-state index contributed by atoms with van der Waals surface area (Å²) in [5, 5.41) is 6.99. The molecular weight excluding hydrogens is 255 g/mol. The Morgan fingerprint density at radius 3 is 2.37 bits per heavy atom. The molecule has 0 saturated heterocycles. The Morgan fingerprint density at radius 1 is 1.16 bits per heavy atom. The van der Waals surface area contributed by atoms with Crippen molar-refractivity contribution in [3.63, 3.8) is 0 Å². The van der Waals surface area contributed by atoms with E-state index in [-0.39, 0.29) is 11.7 Å². The van der Waals surface area contributed by atoms with Crippen LogP contribution in [-0.2, 0) is 7.05 Å². The van der Waals surface area contributed by atoms with Crippen LogP contribution in [-0.4, -0.2) is 9.78 Å². The van der Waals surface area contributed by atoms with E-state index in [9.17, 15) is 13.2 Å². The fourth-order valence-corrected chi connectivity index (χ4v) is 1.99. The lowest BCUT2D eigenvalue weighted by atomic mass is 10.1. The van der Waals surface area contributed by atoms with Crippen LogP contribution in [0, 0.1) is 24.4 Å². The van der Waals surface area contributed by atoms with Crippen LogP contribution in [0.3, 0.4) is 0 Å². The van der Waals surface area contributed by atoms with Crippen LogP contribution in [0.1, 0.15) is 24.2 Å². The zero-order valence-electron chi connectivity index (χ0n) is 10.8. The van der Waals surface area contributed by atoms with E-state index in [1.54, 1.807) is 24.9 Å². The standard InChI is InChI=1S/C13H14F3N3/c1-7(9-6-19(3)18-8(9)2)17-13-5-11(15)10(14)4-12(13)16/h4-7,17H,1-3H3. The molecule has 6 heteroatoms. The molecule has 0 spiro atoms. The Bertz CT molecular complexity index is 607. The monoisotopic (exact) mass is 269 g/mol. The van der Waals surface area contributed by atoms with Gasteiger partial charge in [0, 0.05) is 30.9 Å². The quantitative estimate of drug-likeness (QED) is 0.866. The number of hydrogen-bond acceptors (Lipinski definition) is 2. The molecule has 1 N–H and O–H groups in total. The maximum absolute atomic E-state index is 13.5. The summed E-state index contributed by atoms with van der Waals surface area (Å²) in [6.07, 6.45) is 1.80. The number of benzene rings is 1. The van der Waals surface area contributed by atoms with E-state index in [0.29, 0.717) is 6.07 Å². The van der Waals surface area contributed by atoms with E-state index in [0.717, 1.165) is 17.3 Å². The van der Waals surface area contributed by atoms with Crippen molar-refractivity contribution in [1.29, 1.82) is 0 Å². The molecule has 0 bridgehead atoms. The first-order chi connectivity index (χ1) is 8.88. The first-order valence-corrected chi connectivity index (χ1v) is 5.79. The molecule has 1 aromatic heterocycles. The first kappa shape index (κ1) is 13.5. The number of aromatic nitrogens is 2. The summed E-state index contributed by atoms with van der Waals surface area (Å²) in [6.45, 7) is 3.62. The minimum absolute atomic E-state index is 0.0744. The second-order valence-corrected chi connectivity index (χ2v) is 4.46. The van der Waals surface area contributed by atoms with Gasteiger partial charge in [-0.1, -0.05) is 0 Å². The highest BCUT2D eigenvalue weighted by atomic mass is 19.2. The average molecular weight is 269 g/mol. The predicted octanol–water partition coefficient (Wildman–Crippen LogP) is 3.32. The highest BCUT2D eigenvalue weighted by Crippen LogP contribution is 2.25. The van der Waals surface area contributed by atoms with E-state index < -0.39 is 17.5 Å². The minimum atomic E-state index is -1.20. The van der Waals surface area contributed by atoms with Gasteiger partial charge in [0.15, 0.2) is 11.6 Å². The Labute approximate surface area is 109 Å². The van der Waals surface area contributed by atoms with Crippen molar-refractivity contribution >= 4 is 5.69 Å². The van der Waals surface area contributed by atoms with Crippen molar-refractivity contribution in [2.75, 3.05) is 5.32 Å². The first-order valence-electron chi connectivity index (χ1n) is 5.79. The van der Waals surface area contributed by atoms with Crippen LogP contribution >= 0.6 is 0 Å². The fraction of sp³-hybridized carbons (Fsp3) is 0.308. The van der Waals surface area contributed by atoms with Crippen LogP contribution in [0.25, 0.3) is 0 Å². The van der Waals surface area contributed by atoms with Crippen molar-refractivity contribution < 1.29 is 13.2 Å². The van der Waals surface area contributed by atoms with Gasteiger partial charge in [-0.15, -0.1) is 0 Å². The Hall–Kier alpha value is -1.98. The normalized spacial score (nSPS) is 12.5. The highest BCUT2D eigenvalue weighted by Gasteiger charge is 2.15. The Balaban J connectivity index is 2.26. The molecule has 0 saturated carbocycles. The molecule has 0 fully saturated rings. The molecule has 1 heterocycles. The Kier molecular flexibility index (Phi) is 3.50. The van der Waals surface area contributed by atoms with Crippen LogP contribution in [0.2, 0.25) is 0 Å². The summed E-state index contributed by atoms with van der Waals surface area (Å²) in [4.78, 5) is 0. The second kappa shape index (κ2) is 4.95. The third kappa shape index (κ3) is 2.72. The van der Waals surface area contributed by atoms with Gasteiger partial charge in [-0.05, 0) is 13.8 Å². The third-order valence-electron chi connectivity index (χ3n) is 2.90. The lowest BCUT2D eigenvalue weighted by Crippen LogP contribution is -2.09. The van der Waals surface area contributed by atoms with Gasteiger partial charge in [0.1, 0.15) is 5.82 Å². The summed E-state index contributed by atoms with van der Waals surface area (Å²) in [6, 6.07) is 1.07. The fourth-order valence-electron chi connectivity index (χ4n) is 1.99. The molecule has 1 atom stereocenters. The zero-order valence-corrected chi connectivity index (χ0v) is 10.8. The van der Waals surface area contributed by atoms with Crippen molar-refractivity contribution in [1.82, 2.24) is 9.78 Å². The smallest absolute Gasteiger partial charge is 0.161 e. The second-order valence-electron chi connectivity index (χ2n) is 4.46. The molecule has 1 unspecified atom stereocenters. The predicted molar refractivity (Wildman–Crippen MR) is 66.3 cm³/mol. The van der Waals surface area contributed by atoms with Crippen LogP contribution in [0.5, 0.6) is 0 Å². The lowest BCUT2D eigenvalue weighted by molar-refractivity contribution is 0.495. The molecule has 19 heavy (non-hydrogen) atoms. The molecule has 0 amide bonds. The van der Waals surface area contributed by atoms with E-state index in [1.165, 1.54) is 0 Å².